The number of thiocarbonyl (C=S) groups is 1. The molecule has 0 aliphatic carbocycles. The number of amides is 1. The Hall–Kier alpha value is -2.29. The zero-order valence-electron chi connectivity index (χ0n) is 12.9. The van der Waals surface area contributed by atoms with E-state index in [2.05, 4.69) is 15.4 Å². The molecule has 0 fully saturated rings. The van der Waals surface area contributed by atoms with E-state index in [0.717, 1.165) is 5.56 Å². The van der Waals surface area contributed by atoms with Gasteiger partial charge in [-0.2, -0.15) is 0 Å². The van der Waals surface area contributed by atoms with Crippen molar-refractivity contribution in [1.29, 1.82) is 0 Å². The minimum absolute atomic E-state index is 0.148. The van der Waals surface area contributed by atoms with Crippen LogP contribution in [0.25, 0.3) is 0 Å². The molecule has 0 aromatic heterocycles. The molecule has 2 rings (SSSR count). The summed E-state index contributed by atoms with van der Waals surface area (Å²) in [6.45, 7) is 1.57. The SMILES string of the molecule is CC(=O)NC(=S)Nc1ccc(S(=O)(=O)NCc2ccccc2)cc1. The Bertz CT molecular complexity index is 819. The first-order valence-electron chi connectivity index (χ1n) is 7.09. The van der Waals surface area contributed by atoms with Gasteiger partial charge in [-0.15, -0.1) is 0 Å². The molecule has 0 atom stereocenters. The average Bonchev–Trinajstić information content (AvgIpc) is 2.54. The number of rotatable bonds is 5. The normalized spacial score (nSPS) is 10.9. The van der Waals surface area contributed by atoms with Crippen LogP contribution in [0.2, 0.25) is 0 Å². The monoisotopic (exact) mass is 363 g/mol. The van der Waals surface area contributed by atoms with Crippen molar-refractivity contribution in [2.24, 2.45) is 0 Å². The van der Waals surface area contributed by atoms with E-state index in [4.69, 9.17) is 12.2 Å². The van der Waals surface area contributed by atoms with Gasteiger partial charge in [-0.05, 0) is 42.0 Å². The fourth-order valence-electron chi connectivity index (χ4n) is 1.90. The number of anilines is 1. The quantitative estimate of drug-likeness (QED) is 0.707. The van der Waals surface area contributed by atoms with E-state index in [1.807, 2.05) is 30.3 Å². The predicted molar refractivity (Wildman–Crippen MR) is 96.9 cm³/mol. The first-order valence-corrected chi connectivity index (χ1v) is 8.98. The van der Waals surface area contributed by atoms with Crippen molar-refractivity contribution in [2.45, 2.75) is 18.4 Å². The Balaban J connectivity index is 2.00. The molecule has 2 aromatic rings. The van der Waals surface area contributed by atoms with Gasteiger partial charge in [0.15, 0.2) is 5.11 Å². The third-order valence-electron chi connectivity index (χ3n) is 3.02. The van der Waals surface area contributed by atoms with Crippen molar-refractivity contribution in [3.8, 4) is 0 Å². The molecule has 126 valence electrons. The van der Waals surface area contributed by atoms with Crippen LogP contribution < -0.4 is 15.4 Å². The lowest BCUT2D eigenvalue weighted by molar-refractivity contribution is -0.117. The highest BCUT2D eigenvalue weighted by Gasteiger charge is 2.13. The molecule has 0 saturated carbocycles. The van der Waals surface area contributed by atoms with Gasteiger partial charge in [0.1, 0.15) is 0 Å². The Kier molecular flexibility index (Phi) is 6.02. The van der Waals surface area contributed by atoms with Gasteiger partial charge in [-0.3, -0.25) is 4.79 Å². The van der Waals surface area contributed by atoms with Crippen LogP contribution >= 0.6 is 12.2 Å². The summed E-state index contributed by atoms with van der Waals surface area (Å²) in [5.74, 6) is -0.281. The summed E-state index contributed by atoms with van der Waals surface area (Å²) < 4.78 is 27.1. The van der Waals surface area contributed by atoms with Crippen LogP contribution in [-0.2, 0) is 21.4 Å². The third-order valence-corrected chi connectivity index (χ3v) is 4.64. The van der Waals surface area contributed by atoms with Crippen molar-refractivity contribution in [2.75, 3.05) is 5.32 Å². The summed E-state index contributed by atoms with van der Waals surface area (Å²) >= 11 is 4.94. The zero-order valence-corrected chi connectivity index (χ0v) is 14.6. The number of hydrogen-bond acceptors (Lipinski definition) is 4. The smallest absolute Gasteiger partial charge is 0.240 e. The van der Waals surface area contributed by atoms with Gasteiger partial charge in [-0.1, -0.05) is 30.3 Å². The highest BCUT2D eigenvalue weighted by molar-refractivity contribution is 7.89. The van der Waals surface area contributed by atoms with Crippen molar-refractivity contribution in [1.82, 2.24) is 10.0 Å². The number of carbonyl (C=O) groups excluding carboxylic acids is 1. The lowest BCUT2D eigenvalue weighted by Gasteiger charge is -2.10. The number of carbonyl (C=O) groups is 1. The Labute approximate surface area is 146 Å². The van der Waals surface area contributed by atoms with Crippen molar-refractivity contribution < 1.29 is 13.2 Å². The Morgan fingerprint density at radius 2 is 1.67 bits per heavy atom. The maximum Gasteiger partial charge on any atom is 0.240 e. The third kappa shape index (κ3) is 5.41. The topological polar surface area (TPSA) is 87.3 Å². The maximum absolute atomic E-state index is 12.3. The molecule has 0 bridgehead atoms. The van der Waals surface area contributed by atoms with E-state index in [-0.39, 0.29) is 22.5 Å². The minimum Gasteiger partial charge on any atom is -0.332 e. The molecule has 6 nitrogen and oxygen atoms in total. The molecule has 0 spiro atoms. The first-order chi connectivity index (χ1) is 11.4. The van der Waals surface area contributed by atoms with E-state index in [9.17, 15) is 13.2 Å². The summed E-state index contributed by atoms with van der Waals surface area (Å²) in [7, 11) is -3.60. The summed E-state index contributed by atoms with van der Waals surface area (Å²) in [5.41, 5.74) is 1.45. The fraction of sp³-hybridized carbons (Fsp3) is 0.125. The molecule has 0 radical (unpaired) electrons. The van der Waals surface area contributed by atoms with E-state index in [1.165, 1.54) is 19.1 Å². The second kappa shape index (κ2) is 8.00. The van der Waals surface area contributed by atoms with Crippen LogP contribution in [0, 0.1) is 0 Å². The molecular weight excluding hydrogens is 346 g/mol. The van der Waals surface area contributed by atoms with Crippen LogP contribution in [0.15, 0.2) is 59.5 Å². The second-order valence-electron chi connectivity index (χ2n) is 4.97. The number of sulfonamides is 1. The first kappa shape index (κ1) is 18.1. The predicted octanol–water partition coefficient (Wildman–Crippen LogP) is 2.00. The molecular formula is C16H17N3O3S2. The van der Waals surface area contributed by atoms with Gasteiger partial charge in [0, 0.05) is 19.2 Å². The largest absolute Gasteiger partial charge is 0.332 e. The molecule has 0 heterocycles. The Morgan fingerprint density at radius 1 is 1.04 bits per heavy atom. The van der Waals surface area contributed by atoms with E-state index >= 15 is 0 Å². The molecule has 24 heavy (non-hydrogen) atoms. The van der Waals surface area contributed by atoms with Crippen LogP contribution in [0.4, 0.5) is 5.69 Å². The molecule has 0 aliphatic rings. The average molecular weight is 363 g/mol. The number of hydrogen-bond donors (Lipinski definition) is 3. The van der Waals surface area contributed by atoms with Crippen molar-refractivity contribution >= 4 is 38.9 Å². The van der Waals surface area contributed by atoms with Gasteiger partial charge in [0.2, 0.25) is 15.9 Å². The fourth-order valence-corrected chi connectivity index (χ4v) is 3.18. The van der Waals surface area contributed by atoms with Crippen molar-refractivity contribution in [3.63, 3.8) is 0 Å². The van der Waals surface area contributed by atoms with E-state index in [0.29, 0.717) is 5.69 Å². The second-order valence-corrected chi connectivity index (χ2v) is 7.15. The molecule has 8 heteroatoms. The molecule has 0 aliphatic heterocycles. The highest BCUT2D eigenvalue weighted by Crippen LogP contribution is 2.14. The van der Waals surface area contributed by atoms with Crippen LogP contribution in [0.5, 0.6) is 0 Å². The summed E-state index contributed by atoms with van der Waals surface area (Å²) in [6.07, 6.45) is 0. The minimum atomic E-state index is -3.60. The molecule has 0 saturated heterocycles. The lowest BCUT2D eigenvalue weighted by Crippen LogP contribution is -2.32. The van der Waals surface area contributed by atoms with Gasteiger partial charge < -0.3 is 10.6 Å². The van der Waals surface area contributed by atoms with E-state index < -0.39 is 10.0 Å². The standard InChI is InChI=1S/C16H17N3O3S2/c1-12(20)18-16(23)19-14-7-9-15(10-8-14)24(21,22)17-11-13-5-3-2-4-6-13/h2-10,17H,11H2,1H3,(H2,18,19,20,23). The van der Waals surface area contributed by atoms with E-state index in [1.54, 1.807) is 12.1 Å². The van der Waals surface area contributed by atoms with Crippen LogP contribution in [0.3, 0.4) is 0 Å². The zero-order chi connectivity index (χ0) is 17.6. The Morgan fingerprint density at radius 3 is 2.25 bits per heavy atom. The molecule has 1 amide bonds. The van der Waals surface area contributed by atoms with Crippen LogP contribution in [-0.4, -0.2) is 19.4 Å². The highest BCUT2D eigenvalue weighted by atomic mass is 32.2. The van der Waals surface area contributed by atoms with Gasteiger partial charge >= 0.3 is 0 Å². The van der Waals surface area contributed by atoms with Gasteiger partial charge in [0.05, 0.1) is 4.90 Å². The molecule has 3 N–H and O–H groups in total. The summed E-state index contributed by atoms with van der Waals surface area (Å²) in [4.78, 5) is 11.0. The lowest BCUT2D eigenvalue weighted by atomic mass is 10.2. The van der Waals surface area contributed by atoms with Crippen molar-refractivity contribution in [3.05, 3.63) is 60.2 Å². The van der Waals surface area contributed by atoms with Crippen LogP contribution in [0.1, 0.15) is 12.5 Å². The van der Waals surface area contributed by atoms with Gasteiger partial charge in [-0.25, -0.2) is 13.1 Å². The molecule has 0 unspecified atom stereocenters. The maximum atomic E-state index is 12.3. The number of nitrogens with one attached hydrogen (secondary N) is 3. The summed E-state index contributed by atoms with van der Waals surface area (Å²) in [5, 5.41) is 5.37. The number of benzene rings is 2. The molecule has 2 aromatic carbocycles. The summed E-state index contributed by atoms with van der Waals surface area (Å²) in [6, 6.07) is 15.3. The van der Waals surface area contributed by atoms with Gasteiger partial charge in [0.25, 0.3) is 0 Å².